The molecule has 0 radical (unpaired) electrons. The molecule has 4 heteroatoms. The summed E-state index contributed by atoms with van der Waals surface area (Å²) in [4.78, 5) is 0. The Morgan fingerprint density at radius 1 is 1.06 bits per heavy atom. The van der Waals surface area contributed by atoms with Gasteiger partial charge in [0.05, 0.1) is 0 Å². The summed E-state index contributed by atoms with van der Waals surface area (Å²) in [5.74, 6) is 1.26. The first-order chi connectivity index (χ1) is 7.47. The first-order valence-corrected chi connectivity index (χ1v) is 7.41. The van der Waals surface area contributed by atoms with Crippen LogP contribution < -0.4 is 5.46 Å². The molecule has 1 aromatic rings. The summed E-state index contributed by atoms with van der Waals surface area (Å²) in [5, 5.41) is 11.3. The molecule has 0 heterocycles. The van der Waals surface area contributed by atoms with Crippen LogP contribution in [0, 0.1) is 0 Å². The average Bonchev–Trinajstić information content (AvgIpc) is 2.19. The number of aromatic hydroxyl groups is 1. The predicted molar refractivity (Wildman–Crippen MR) is 84.2 cm³/mol. The van der Waals surface area contributed by atoms with E-state index < -0.39 is 0 Å². The zero-order chi connectivity index (χ0) is 12.3. The van der Waals surface area contributed by atoms with Gasteiger partial charge in [-0.1, -0.05) is 45.3 Å². The minimum atomic E-state index is 0.381. The van der Waals surface area contributed by atoms with E-state index in [2.05, 4.69) is 62.2 Å². The largest absolute Gasteiger partial charge is 0.507 e. The van der Waals surface area contributed by atoms with E-state index in [0.717, 1.165) is 23.3 Å². The van der Waals surface area contributed by atoms with Crippen LogP contribution in [0.2, 0.25) is 0 Å². The Morgan fingerprint density at radius 3 is 1.81 bits per heavy atom. The Kier molecular flexibility index (Phi) is 5.22. The molecule has 1 aromatic carbocycles. The van der Waals surface area contributed by atoms with Crippen LogP contribution in [0.3, 0.4) is 0 Å². The Bertz CT molecular complexity index is 335. The van der Waals surface area contributed by atoms with Crippen LogP contribution in [0.4, 0.5) is 0 Å². The highest BCUT2D eigenvalue weighted by Crippen LogP contribution is 2.32. The van der Waals surface area contributed by atoms with Crippen molar-refractivity contribution in [2.75, 3.05) is 0 Å². The molecule has 0 aliphatic heterocycles. The normalized spacial score (nSPS) is 10.9. The van der Waals surface area contributed by atoms with E-state index in [9.17, 15) is 5.11 Å². The standard InChI is InChI=1S/C12H19B2IO/c1-7(2)10-5-9(13-14-15)6-11(8(3)4)12(10)16/h5-8,13-14,16H,1-4H3. The van der Waals surface area contributed by atoms with Crippen LogP contribution in [0.25, 0.3) is 0 Å². The maximum absolute atomic E-state index is 10.2. The zero-order valence-electron chi connectivity index (χ0n) is 10.5. The highest BCUT2D eigenvalue weighted by molar-refractivity contribution is 14.1. The number of phenols is 1. The van der Waals surface area contributed by atoms with Gasteiger partial charge in [-0.15, -0.1) is 0 Å². The van der Waals surface area contributed by atoms with Crippen molar-refractivity contribution in [2.45, 2.75) is 39.5 Å². The molecule has 86 valence electrons. The number of hydrogen-bond donors (Lipinski definition) is 1. The summed E-state index contributed by atoms with van der Waals surface area (Å²) in [5.41, 5.74) is 3.52. The van der Waals surface area contributed by atoms with E-state index in [-0.39, 0.29) is 0 Å². The number of rotatable bonds is 4. The molecule has 0 aromatic heterocycles. The van der Waals surface area contributed by atoms with Crippen molar-refractivity contribution in [1.29, 1.82) is 0 Å². The molecule has 0 amide bonds. The summed E-state index contributed by atoms with van der Waals surface area (Å²) >= 11 is 2.40. The third-order valence-corrected chi connectivity index (χ3v) is 3.40. The van der Waals surface area contributed by atoms with Crippen LogP contribution in [-0.2, 0) is 0 Å². The smallest absolute Gasteiger partial charge is 0.170 e. The van der Waals surface area contributed by atoms with Gasteiger partial charge in [0, 0.05) is 0 Å². The van der Waals surface area contributed by atoms with Crippen molar-refractivity contribution in [3.63, 3.8) is 0 Å². The van der Waals surface area contributed by atoms with Gasteiger partial charge in [0.1, 0.15) is 12.9 Å². The number of hydrogen-bond acceptors (Lipinski definition) is 1. The molecule has 1 nitrogen and oxygen atoms in total. The fraction of sp³-hybridized carbons (Fsp3) is 0.500. The number of phenolic OH excluding ortho intramolecular Hbond substituents is 1. The van der Waals surface area contributed by atoms with Gasteiger partial charge in [-0.3, -0.25) is 0 Å². The van der Waals surface area contributed by atoms with E-state index in [4.69, 9.17) is 0 Å². The lowest BCUT2D eigenvalue weighted by Crippen LogP contribution is -2.19. The Labute approximate surface area is 113 Å². The molecular weight excluding hydrogens is 309 g/mol. The molecule has 0 bridgehead atoms. The summed E-state index contributed by atoms with van der Waals surface area (Å²) < 4.78 is 0. The maximum atomic E-state index is 10.2. The minimum Gasteiger partial charge on any atom is -0.507 e. The maximum Gasteiger partial charge on any atom is 0.170 e. The Balaban J connectivity index is 3.27. The van der Waals surface area contributed by atoms with Crippen molar-refractivity contribution in [2.24, 2.45) is 0 Å². The molecular formula is C12H19B2IO. The van der Waals surface area contributed by atoms with Gasteiger partial charge in [-0.2, -0.15) is 22.4 Å². The molecule has 1 rings (SSSR count). The average molecular weight is 328 g/mol. The molecule has 0 spiro atoms. The molecule has 0 unspecified atom stereocenters. The first-order valence-electron chi connectivity index (χ1n) is 5.89. The Morgan fingerprint density at radius 2 is 1.50 bits per heavy atom. The topological polar surface area (TPSA) is 20.2 Å². The van der Waals surface area contributed by atoms with Crippen LogP contribution in [0.15, 0.2) is 12.1 Å². The number of halogens is 1. The SMILES string of the molecule is CC(C)c1cc(BBI)cc(C(C)C)c1O. The molecule has 0 fully saturated rings. The van der Waals surface area contributed by atoms with E-state index in [0.29, 0.717) is 17.6 Å². The van der Waals surface area contributed by atoms with Gasteiger partial charge in [0.25, 0.3) is 0 Å². The quantitative estimate of drug-likeness (QED) is 0.665. The second kappa shape index (κ2) is 5.99. The molecule has 1 N–H and O–H groups in total. The summed E-state index contributed by atoms with van der Waals surface area (Å²) in [7, 11) is 1.08. The molecule has 0 saturated carbocycles. The summed E-state index contributed by atoms with van der Waals surface area (Å²) in [6.45, 7) is 8.53. The molecule has 0 saturated heterocycles. The molecule has 0 aliphatic carbocycles. The van der Waals surface area contributed by atoms with Gasteiger partial charge < -0.3 is 5.11 Å². The van der Waals surface area contributed by atoms with Crippen LogP contribution in [0.5, 0.6) is 5.75 Å². The zero-order valence-corrected chi connectivity index (χ0v) is 12.7. The van der Waals surface area contributed by atoms with Crippen LogP contribution in [-0.4, -0.2) is 17.3 Å². The number of benzene rings is 1. The van der Waals surface area contributed by atoms with Crippen molar-refractivity contribution in [3.8, 4) is 5.75 Å². The van der Waals surface area contributed by atoms with E-state index >= 15 is 0 Å². The third-order valence-electron chi connectivity index (χ3n) is 2.86. The summed E-state index contributed by atoms with van der Waals surface area (Å²) in [6.07, 6.45) is 0. The van der Waals surface area contributed by atoms with E-state index in [1.807, 2.05) is 0 Å². The fourth-order valence-corrected chi connectivity index (χ4v) is 2.50. The second-order valence-electron chi connectivity index (χ2n) is 4.87. The van der Waals surface area contributed by atoms with Crippen molar-refractivity contribution in [1.82, 2.24) is 0 Å². The lowest BCUT2D eigenvalue weighted by atomic mass is 9.50. The first kappa shape index (κ1) is 13.9. The Hall–Kier alpha value is -0.120. The third kappa shape index (κ3) is 3.19. The van der Waals surface area contributed by atoms with Crippen molar-refractivity contribution < 1.29 is 5.11 Å². The van der Waals surface area contributed by atoms with Gasteiger partial charge in [-0.05, 0) is 23.0 Å². The van der Waals surface area contributed by atoms with Gasteiger partial charge in [0.15, 0.2) is 5.03 Å². The van der Waals surface area contributed by atoms with Crippen LogP contribution >= 0.6 is 22.4 Å². The van der Waals surface area contributed by atoms with Crippen molar-refractivity contribution >= 4 is 40.0 Å². The van der Waals surface area contributed by atoms with E-state index in [1.54, 1.807) is 0 Å². The lowest BCUT2D eigenvalue weighted by molar-refractivity contribution is 0.455. The van der Waals surface area contributed by atoms with Gasteiger partial charge in [0.2, 0.25) is 0 Å². The molecule has 16 heavy (non-hydrogen) atoms. The van der Waals surface area contributed by atoms with Gasteiger partial charge in [-0.25, -0.2) is 0 Å². The predicted octanol–water partition coefficient (Wildman–Crippen LogP) is 2.40. The fourth-order valence-electron chi connectivity index (χ4n) is 1.88. The van der Waals surface area contributed by atoms with Crippen molar-refractivity contribution in [3.05, 3.63) is 23.3 Å². The van der Waals surface area contributed by atoms with Gasteiger partial charge >= 0.3 is 0 Å². The molecule has 0 aliphatic rings. The highest BCUT2D eigenvalue weighted by atomic mass is 127. The van der Waals surface area contributed by atoms with Crippen LogP contribution in [0.1, 0.15) is 50.7 Å². The molecule has 0 atom stereocenters. The van der Waals surface area contributed by atoms with E-state index in [1.165, 1.54) is 5.46 Å². The monoisotopic (exact) mass is 328 g/mol. The lowest BCUT2D eigenvalue weighted by Gasteiger charge is -2.17. The highest BCUT2D eigenvalue weighted by Gasteiger charge is 2.14. The summed E-state index contributed by atoms with van der Waals surface area (Å²) in [6, 6.07) is 4.31. The second-order valence-corrected chi connectivity index (χ2v) is 5.95. The minimum absolute atomic E-state index is 0.381.